The summed E-state index contributed by atoms with van der Waals surface area (Å²) in [7, 11) is -12.8. The van der Waals surface area contributed by atoms with Crippen molar-refractivity contribution in [3.8, 4) is 0 Å². The Morgan fingerprint density at radius 2 is 0.794 bits per heavy atom. The first-order chi connectivity index (χ1) is 16.6. The normalized spacial score (nSPS) is 23.2. The number of hydrogen-bond acceptors (Lipinski definition) is 6. The van der Waals surface area contributed by atoms with Gasteiger partial charge in [0, 0.05) is 10.4 Å². The van der Waals surface area contributed by atoms with E-state index in [1.54, 1.807) is 48.5 Å². The Hall–Kier alpha value is -2.49. The molecule has 2 N–H and O–H groups in total. The Balaban J connectivity index is 1.64. The van der Waals surface area contributed by atoms with E-state index in [0.29, 0.717) is 10.4 Å². The van der Waals surface area contributed by atoms with Crippen molar-refractivity contribution < 1.29 is 26.1 Å². The zero-order chi connectivity index (χ0) is 23.4. The molecule has 0 bridgehead atoms. The summed E-state index contributed by atoms with van der Waals surface area (Å²) in [6.07, 6.45) is 0. The molecule has 1 aliphatic heterocycles. The summed E-state index contributed by atoms with van der Waals surface area (Å²) in [6.45, 7) is 0. The smallest absolute Gasteiger partial charge is 0.490 e. The van der Waals surface area contributed by atoms with Crippen molar-refractivity contribution in [2.75, 3.05) is 0 Å². The van der Waals surface area contributed by atoms with Gasteiger partial charge in [-0.3, -0.25) is 0 Å². The van der Waals surface area contributed by atoms with Gasteiger partial charge < -0.3 is 26.1 Å². The second kappa shape index (κ2) is 10.0. The van der Waals surface area contributed by atoms with Gasteiger partial charge in [0.15, 0.2) is 0 Å². The van der Waals surface area contributed by atoms with E-state index in [1.807, 2.05) is 72.8 Å². The van der Waals surface area contributed by atoms with E-state index in [0.717, 1.165) is 10.4 Å². The molecule has 0 amide bonds. The molecule has 0 radical (unpaired) electrons. The van der Waals surface area contributed by atoms with Gasteiger partial charge in [-0.2, -0.15) is 0 Å². The maximum atomic E-state index is 11.9. The van der Waals surface area contributed by atoms with Crippen LogP contribution in [0.3, 0.4) is 0 Å². The maximum absolute atomic E-state index is 11.9. The van der Waals surface area contributed by atoms with Crippen LogP contribution in [0.15, 0.2) is 121 Å². The highest BCUT2D eigenvalue weighted by Gasteiger charge is 2.51. The average Bonchev–Trinajstić information content (AvgIpc) is 2.89. The molecule has 4 aromatic carbocycles. The van der Waals surface area contributed by atoms with Crippen LogP contribution in [0.25, 0.3) is 0 Å². The molecule has 1 heterocycles. The third-order valence-electron chi connectivity index (χ3n) is 5.22. The lowest BCUT2D eigenvalue weighted by atomic mass is 10.4. The highest BCUT2D eigenvalue weighted by Crippen LogP contribution is 2.20. The fourth-order valence-corrected chi connectivity index (χ4v) is 15.8. The van der Waals surface area contributed by atoms with Gasteiger partial charge in [0.2, 0.25) is 0 Å². The summed E-state index contributed by atoms with van der Waals surface area (Å²) in [5.41, 5.74) is 0. The summed E-state index contributed by atoms with van der Waals surface area (Å²) in [4.78, 5) is 23.8. The van der Waals surface area contributed by atoms with Gasteiger partial charge in [-0.25, -0.2) is 0 Å². The number of benzene rings is 4. The lowest BCUT2D eigenvalue weighted by molar-refractivity contribution is 0.162. The molecule has 10 heteroatoms. The Labute approximate surface area is 204 Å². The standard InChI is InChI=1S/C24H22O6Si4/c25-33(23-17-9-3-10-18-23)28-31(21-13-5-1-6-14-21)27-32(22-15-7-2-8-16-22)29-34(26,30-33)24-19-11-4-12-20-24/h1-20,25-26H/q-2/t33-,34+. The Morgan fingerprint density at radius 3 is 1.15 bits per heavy atom. The third-order valence-corrected chi connectivity index (χ3v) is 16.3. The second-order valence-electron chi connectivity index (χ2n) is 7.61. The molecular weight excluding hydrogens is 497 g/mol. The van der Waals surface area contributed by atoms with Gasteiger partial charge in [-0.15, -0.1) is 10.4 Å². The van der Waals surface area contributed by atoms with Crippen molar-refractivity contribution >= 4 is 56.9 Å². The molecule has 172 valence electrons. The van der Waals surface area contributed by atoms with E-state index in [1.165, 1.54) is 0 Å². The SMILES string of the molecule is O[Si@]1(c2ccccc2)O[Si-](c2ccccc2)O[Si-](c2ccccc2)O[Si@@](O)(c2ccccc2)O1. The lowest BCUT2D eigenvalue weighted by Gasteiger charge is -2.55. The minimum Gasteiger partial charge on any atom is -0.719 e. The van der Waals surface area contributed by atoms with E-state index in [2.05, 4.69) is 0 Å². The maximum Gasteiger partial charge on any atom is 0.490 e. The predicted molar refractivity (Wildman–Crippen MR) is 136 cm³/mol. The second-order valence-corrected chi connectivity index (χ2v) is 16.7. The molecule has 1 saturated heterocycles. The van der Waals surface area contributed by atoms with Gasteiger partial charge in [-0.05, 0) is 18.6 Å². The summed E-state index contributed by atoms with van der Waals surface area (Å²) in [6, 6.07) is 36.8. The fraction of sp³-hybridized carbons (Fsp3) is 0. The first kappa shape index (κ1) is 23.3. The van der Waals surface area contributed by atoms with Crippen molar-refractivity contribution in [3.05, 3.63) is 121 Å². The summed E-state index contributed by atoms with van der Waals surface area (Å²) in [5, 5.41) is 2.56. The predicted octanol–water partition coefficient (Wildman–Crippen LogP) is 0.534. The molecule has 0 unspecified atom stereocenters. The zero-order valence-corrected chi connectivity index (χ0v) is 22.1. The lowest BCUT2D eigenvalue weighted by Crippen LogP contribution is -2.73. The molecule has 0 aromatic heterocycles. The number of hydrogen-bond donors (Lipinski definition) is 2. The van der Waals surface area contributed by atoms with E-state index in [4.69, 9.17) is 16.5 Å². The molecular formula is C24H22O6Si4-2. The molecule has 4 aromatic rings. The van der Waals surface area contributed by atoms with E-state index in [-0.39, 0.29) is 0 Å². The quantitative estimate of drug-likeness (QED) is 0.384. The van der Waals surface area contributed by atoms with Crippen LogP contribution in [-0.2, 0) is 16.5 Å². The zero-order valence-electron chi connectivity index (χ0n) is 18.1. The highest BCUT2D eigenvalue weighted by atomic mass is 28.5. The molecule has 1 aliphatic rings. The minimum atomic E-state index is -4.17. The van der Waals surface area contributed by atoms with E-state index >= 15 is 0 Å². The van der Waals surface area contributed by atoms with Crippen LogP contribution in [0.1, 0.15) is 0 Å². The first-order valence-electron chi connectivity index (χ1n) is 10.7. The summed E-state index contributed by atoms with van der Waals surface area (Å²) < 4.78 is 25.6. The van der Waals surface area contributed by atoms with Crippen LogP contribution < -0.4 is 20.7 Å². The molecule has 5 rings (SSSR count). The van der Waals surface area contributed by atoms with E-state index in [9.17, 15) is 9.59 Å². The topological polar surface area (TPSA) is 77.4 Å². The van der Waals surface area contributed by atoms with Crippen molar-refractivity contribution in [3.63, 3.8) is 0 Å². The Bertz CT molecular complexity index is 1110. The summed E-state index contributed by atoms with van der Waals surface area (Å²) >= 11 is 0. The molecule has 34 heavy (non-hydrogen) atoms. The van der Waals surface area contributed by atoms with Crippen LogP contribution in [-0.4, -0.2) is 45.8 Å². The molecule has 0 spiro atoms. The van der Waals surface area contributed by atoms with Crippen molar-refractivity contribution in [1.29, 1.82) is 0 Å². The number of rotatable bonds is 4. The van der Waals surface area contributed by atoms with Crippen LogP contribution in [0.2, 0.25) is 0 Å². The molecule has 0 aliphatic carbocycles. The molecule has 0 saturated carbocycles. The monoisotopic (exact) mass is 518 g/mol. The van der Waals surface area contributed by atoms with Gasteiger partial charge >= 0.3 is 17.6 Å². The van der Waals surface area contributed by atoms with Crippen molar-refractivity contribution in [1.82, 2.24) is 0 Å². The molecule has 2 atom stereocenters. The first-order valence-corrected chi connectivity index (χ1v) is 16.9. The summed E-state index contributed by atoms with van der Waals surface area (Å²) in [5.74, 6) is 0. The van der Waals surface area contributed by atoms with Gasteiger partial charge in [-0.1, -0.05) is 121 Å². The van der Waals surface area contributed by atoms with Crippen molar-refractivity contribution in [2.45, 2.75) is 0 Å². The average molecular weight is 519 g/mol. The minimum absolute atomic E-state index is 0.470. The third kappa shape index (κ3) is 4.96. The van der Waals surface area contributed by atoms with Crippen LogP contribution in [0.5, 0.6) is 0 Å². The Kier molecular flexibility index (Phi) is 6.85. The largest absolute Gasteiger partial charge is 0.719 e. The highest BCUT2D eigenvalue weighted by molar-refractivity contribution is 6.95. The Morgan fingerprint density at radius 1 is 0.471 bits per heavy atom. The van der Waals surface area contributed by atoms with Gasteiger partial charge in [0.05, 0.1) is 0 Å². The molecule has 6 nitrogen and oxygen atoms in total. The molecule has 1 fully saturated rings. The fourth-order valence-electron chi connectivity index (χ4n) is 3.52. The van der Waals surface area contributed by atoms with E-state index < -0.39 is 36.2 Å². The van der Waals surface area contributed by atoms with Gasteiger partial charge in [0.25, 0.3) is 0 Å². The van der Waals surface area contributed by atoms with Crippen LogP contribution in [0.4, 0.5) is 0 Å². The van der Waals surface area contributed by atoms with Gasteiger partial charge in [0.1, 0.15) is 0 Å². The van der Waals surface area contributed by atoms with Crippen LogP contribution in [0, 0.1) is 0 Å². The van der Waals surface area contributed by atoms with Crippen molar-refractivity contribution in [2.24, 2.45) is 0 Å². The van der Waals surface area contributed by atoms with Crippen LogP contribution >= 0.6 is 0 Å².